The summed E-state index contributed by atoms with van der Waals surface area (Å²) in [6, 6.07) is 55.2. The largest absolute Gasteiger partial charge is 0.481 e. The third kappa shape index (κ3) is 26.2. The van der Waals surface area contributed by atoms with E-state index in [0.29, 0.717) is 55.1 Å². The molecule has 0 saturated heterocycles. The van der Waals surface area contributed by atoms with Gasteiger partial charge in [-0.15, -0.1) is 0 Å². The van der Waals surface area contributed by atoms with Crippen LogP contribution >= 0.6 is 31.9 Å². The standard InChI is InChI=1S/C19H19BrO3.C19H20O4.C16H16O2.C5H8O2.C2H3BrO.C2H4O2/c2*1-2-23-19(14-13-17(20)21,16-11-7-4-8-12-16)18(22)15-9-5-3-6-10-15;1-2-18-16(14-11-7-4-8-12-14)15(17)13-9-5-3-6-10-13;1-3-5(6)7-4-2;2*1-2(3)4/h3-12H,2,13-14H2,1H3;3-12H,2,13-14H2,1H3,(H,20,21);3-12,16H,2H2,1H3;3H,1,4H2,2H3;1H3;1H3,(H,3,4). The second-order valence-corrected chi connectivity index (χ2v) is 18.3. The van der Waals surface area contributed by atoms with Crippen molar-refractivity contribution in [1.29, 1.82) is 0 Å². The quantitative estimate of drug-likeness (QED) is 0.0264. The van der Waals surface area contributed by atoms with Gasteiger partial charge < -0.3 is 29.2 Å². The van der Waals surface area contributed by atoms with E-state index in [1.807, 2.05) is 147 Å². The van der Waals surface area contributed by atoms with Crippen LogP contribution in [0.25, 0.3) is 0 Å². The summed E-state index contributed by atoms with van der Waals surface area (Å²) in [7, 11) is 0. The molecular formula is C63H70Br2O14. The van der Waals surface area contributed by atoms with Gasteiger partial charge in [0.1, 0.15) is 6.10 Å². The van der Waals surface area contributed by atoms with Crippen LogP contribution in [-0.2, 0) is 54.1 Å². The summed E-state index contributed by atoms with van der Waals surface area (Å²) in [5.41, 5.74) is 1.67. The van der Waals surface area contributed by atoms with Crippen molar-refractivity contribution in [2.24, 2.45) is 0 Å². The average Bonchev–Trinajstić information content (AvgIpc) is 3.45. The Balaban J connectivity index is 0.000000526. The minimum Gasteiger partial charge on any atom is -0.481 e. The lowest BCUT2D eigenvalue weighted by Gasteiger charge is -2.32. The predicted molar refractivity (Wildman–Crippen MR) is 312 cm³/mol. The molecule has 0 amide bonds. The zero-order chi connectivity index (χ0) is 59.1. The molecule has 6 aromatic rings. The van der Waals surface area contributed by atoms with Gasteiger partial charge in [0.15, 0.2) is 37.9 Å². The minimum atomic E-state index is -1.28. The minimum absolute atomic E-state index is 0.00338. The van der Waals surface area contributed by atoms with Gasteiger partial charge in [-0.05, 0) is 89.1 Å². The van der Waals surface area contributed by atoms with Gasteiger partial charge in [-0.1, -0.05) is 189 Å². The highest BCUT2D eigenvalue weighted by Crippen LogP contribution is 2.37. The summed E-state index contributed by atoms with van der Waals surface area (Å²) in [4.78, 5) is 89.7. The summed E-state index contributed by atoms with van der Waals surface area (Å²) >= 11 is 5.58. The van der Waals surface area contributed by atoms with Crippen molar-refractivity contribution in [1.82, 2.24) is 0 Å². The number of ketones is 3. The van der Waals surface area contributed by atoms with Crippen LogP contribution in [0.3, 0.4) is 0 Å². The van der Waals surface area contributed by atoms with Crippen molar-refractivity contribution in [3.8, 4) is 0 Å². The summed E-state index contributed by atoms with van der Waals surface area (Å²) in [6.07, 6.45) is 1.08. The van der Waals surface area contributed by atoms with Crippen molar-refractivity contribution >= 4 is 76.5 Å². The number of carboxylic acid groups (broad SMARTS) is 2. The Kier molecular flexibility index (Phi) is 35.2. The van der Waals surface area contributed by atoms with Crippen molar-refractivity contribution in [2.45, 2.75) is 84.5 Å². The number of rotatable bonds is 23. The highest BCUT2D eigenvalue weighted by Gasteiger charge is 2.43. The van der Waals surface area contributed by atoms with Crippen LogP contribution in [0.5, 0.6) is 0 Å². The summed E-state index contributed by atoms with van der Waals surface area (Å²) in [5.74, 6) is -2.48. The third-order valence-corrected chi connectivity index (χ3v) is 11.0. The van der Waals surface area contributed by atoms with E-state index in [1.54, 1.807) is 62.4 Å². The number of benzene rings is 6. The number of esters is 1. The smallest absolute Gasteiger partial charge is 0.330 e. The first-order valence-electron chi connectivity index (χ1n) is 25.2. The molecule has 2 N–H and O–H groups in total. The van der Waals surface area contributed by atoms with Crippen LogP contribution in [0.4, 0.5) is 0 Å². The molecule has 0 aliphatic rings. The normalized spacial score (nSPS) is 11.8. The molecule has 0 heterocycles. The SMILES string of the molecule is C=CC(=O)OCC.CC(=O)Br.CC(=O)O.CCOC(C(=O)c1ccccc1)c1ccccc1.CCOC(CCC(=O)Br)(C(=O)c1ccccc1)c1ccccc1.CCOC(CCC(=O)O)(C(=O)c1ccccc1)c1ccccc1. The molecule has 3 unspecified atom stereocenters. The molecule has 0 aromatic heterocycles. The first-order chi connectivity index (χ1) is 37.8. The van der Waals surface area contributed by atoms with Gasteiger partial charge in [-0.3, -0.25) is 33.6 Å². The van der Waals surface area contributed by atoms with E-state index < -0.39 is 29.2 Å². The van der Waals surface area contributed by atoms with Gasteiger partial charge in [-0.25, -0.2) is 4.79 Å². The molecule has 0 aliphatic heterocycles. The van der Waals surface area contributed by atoms with E-state index in [1.165, 1.54) is 6.92 Å². The van der Waals surface area contributed by atoms with E-state index in [4.69, 9.17) is 29.2 Å². The molecule has 3 atom stereocenters. The van der Waals surface area contributed by atoms with Crippen molar-refractivity contribution in [3.05, 3.63) is 228 Å². The number of hydrogen-bond donors (Lipinski definition) is 2. The summed E-state index contributed by atoms with van der Waals surface area (Å²) in [5, 5.41) is 16.5. The van der Waals surface area contributed by atoms with Gasteiger partial charge in [0.2, 0.25) is 0 Å². The van der Waals surface area contributed by atoms with Crippen LogP contribution in [0.15, 0.2) is 195 Å². The first kappa shape index (κ1) is 69.7. The Labute approximate surface area is 480 Å². The van der Waals surface area contributed by atoms with Crippen molar-refractivity contribution in [2.75, 3.05) is 26.4 Å². The van der Waals surface area contributed by atoms with Gasteiger partial charge >= 0.3 is 11.9 Å². The molecule has 6 rings (SSSR count). The molecule has 0 bridgehead atoms. The predicted octanol–water partition coefficient (Wildman–Crippen LogP) is 13.6. The molecule has 0 spiro atoms. The lowest BCUT2D eigenvalue weighted by Crippen LogP contribution is -2.39. The van der Waals surface area contributed by atoms with Crippen LogP contribution in [0.2, 0.25) is 0 Å². The number of carbonyl (C=O) groups is 8. The molecule has 0 aliphatic carbocycles. The molecule has 6 aromatic carbocycles. The fourth-order valence-electron chi connectivity index (χ4n) is 7.40. The highest BCUT2D eigenvalue weighted by molar-refractivity contribution is 9.18. The third-order valence-electron chi connectivity index (χ3n) is 10.6. The summed E-state index contributed by atoms with van der Waals surface area (Å²) < 4.78 is 21.7. The van der Waals surface area contributed by atoms with E-state index in [0.717, 1.165) is 24.1 Å². The second-order valence-electron chi connectivity index (χ2n) is 16.3. The Bertz CT molecular complexity index is 2610. The molecule has 0 fully saturated rings. The van der Waals surface area contributed by atoms with Crippen LogP contribution < -0.4 is 0 Å². The molecule has 0 radical (unpaired) electrons. The molecule has 420 valence electrons. The number of Topliss-reactive ketones (excluding diaryl/α,β-unsaturated/α-hetero) is 3. The van der Waals surface area contributed by atoms with E-state index >= 15 is 0 Å². The molecular weight excluding hydrogens is 1140 g/mol. The van der Waals surface area contributed by atoms with Crippen LogP contribution in [-0.4, -0.2) is 81.3 Å². The lowest BCUT2D eigenvalue weighted by atomic mass is 9.82. The van der Waals surface area contributed by atoms with Crippen molar-refractivity contribution < 1.29 is 67.5 Å². The Morgan fingerprint density at radius 2 is 0.835 bits per heavy atom. The second kappa shape index (κ2) is 39.9. The number of carbonyl (C=O) groups excluding carboxylic acids is 6. The molecule has 0 saturated carbocycles. The van der Waals surface area contributed by atoms with Crippen molar-refractivity contribution in [3.63, 3.8) is 0 Å². The fourth-order valence-corrected chi connectivity index (χ4v) is 7.60. The lowest BCUT2D eigenvalue weighted by molar-refractivity contribution is -0.139. The van der Waals surface area contributed by atoms with Crippen LogP contribution in [0.1, 0.15) is 121 Å². The highest BCUT2D eigenvalue weighted by atomic mass is 79.9. The van der Waals surface area contributed by atoms with E-state index in [2.05, 4.69) is 43.2 Å². The topological polar surface area (TPSA) is 214 Å². The van der Waals surface area contributed by atoms with E-state index in [-0.39, 0.29) is 52.0 Å². The Morgan fingerprint density at radius 3 is 1.13 bits per heavy atom. The average molecular weight is 1210 g/mol. The number of hydrogen-bond acceptors (Lipinski definition) is 12. The Hall–Kier alpha value is -7.34. The monoisotopic (exact) mass is 1210 g/mol. The molecule has 79 heavy (non-hydrogen) atoms. The maximum Gasteiger partial charge on any atom is 0.330 e. The summed E-state index contributed by atoms with van der Waals surface area (Å²) in [6.45, 7) is 14.7. The van der Waals surface area contributed by atoms with Gasteiger partial charge in [0.05, 0.1) is 6.61 Å². The zero-order valence-electron chi connectivity index (χ0n) is 45.4. The van der Waals surface area contributed by atoms with Gasteiger partial charge in [-0.2, -0.15) is 0 Å². The number of ether oxygens (including phenoxy) is 4. The zero-order valence-corrected chi connectivity index (χ0v) is 48.6. The number of aliphatic carboxylic acids is 2. The van der Waals surface area contributed by atoms with E-state index in [9.17, 15) is 33.6 Å². The van der Waals surface area contributed by atoms with Crippen LogP contribution in [0, 0.1) is 0 Å². The van der Waals surface area contributed by atoms with Gasteiger partial charge in [0.25, 0.3) is 5.97 Å². The maximum atomic E-state index is 13.2. The van der Waals surface area contributed by atoms with Gasteiger partial charge in [0, 0.05) is 69.3 Å². The maximum absolute atomic E-state index is 13.2. The Morgan fingerprint density at radius 1 is 0.506 bits per heavy atom. The molecule has 14 nitrogen and oxygen atoms in total. The number of carboxylic acids is 2. The fraction of sp³-hybridized carbons (Fsp3) is 0.270. The molecule has 16 heteroatoms. The first-order valence-corrected chi connectivity index (χ1v) is 26.8. The number of halogens is 2.